The summed E-state index contributed by atoms with van der Waals surface area (Å²) < 4.78 is 18.6. The van der Waals surface area contributed by atoms with E-state index in [0.717, 1.165) is 56.2 Å². The van der Waals surface area contributed by atoms with Crippen LogP contribution in [0.15, 0.2) is 18.2 Å². The highest BCUT2D eigenvalue weighted by atomic mass is 16.6. The minimum Gasteiger partial charge on any atom is -0.494 e. The van der Waals surface area contributed by atoms with Crippen LogP contribution in [0, 0.1) is 17.3 Å². The number of aromatic nitrogens is 2. The lowest BCUT2D eigenvalue weighted by Crippen LogP contribution is -2.58. The van der Waals surface area contributed by atoms with Crippen LogP contribution in [0.5, 0.6) is 11.6 Å². The number of Topliss-reactive ketones (excluding diaryl/α,β-unsaturated/α-hetero) is 1. The molecule has 1 aromatic carbocycles. The van der Waals surface area contributed by atoms with Crippen LogP contribution in [0.2, 0.25) is 0 Å². The Morgan fingerprint density at radius 1 is 1.09 bits per heavy atom. The molecule has 1 saturated carbocycles. The third-order valence-electron chi connectivity index (χ3n) is 10.3. The fourth-order valence-corrected chi connectivity index (χ4v) is 7.77. The number of carbonyl (C=O) groups is 3. The molecular weight excluding hydrogens is 584 g/mol. The predicted octanol–water partition coefficient (Wildman–Crippen LogP) is 6.42. The molecule has 0 radical (unpaired) electrons. The summed E-state index contributed by atoms with van der Waals surface area (Å²) in [6, 6.07) is 4.12. The fraction of sp³-hybridized carbons (Fsp3) is 0.694. The number of ketones is 1. The summed E-state index contributed by atoms with van der Waals surface area (Å²) >= 11 is 0. The summed E-state index contributed by atoms with van der Waals surface area (Å²) in [4.78, 5) is 52.6. The van der Waals surface area contributed by atoms with Crippen molar-refractivity contribution in [3.63, 3.8) is 0 Å². The Morgan fingerprint density at radius 2 is 1.85 bits per heavy atom. The predicted molar refractivity (Wildman–Crippen MR) is 176 cm³/mol. The summed E-state index contributed by atoms with van der Waals surface area (Å²) in [5, 5.41) is 2.94. The second kappa shape index (κ2) is 13.7. The van der Waals surface area contributed by atoms with Crippen LogP contribution in [-0.2, 0) is 20.7 Å². The van der Waals surface area contributed by atoms with Gasteiger partial charge in [-0.3, -0.25) is 9.59 Å². The molecule has 10 nitrogen and oxygen atoms in total. The van der Waals surface area contributed by atoms with Gasteiger partial charge in [0.25, 0.3) is 0 Å². The van der Waals surface area contributed by atoms with Crippen LogP contribution < -0.4 is 14.8 Å². The number of benzene rings is 1. The molecule has 5 rings (SSSR count). The van der Waals surface area contributed by atoms with Crippen molar-refractivity contribution in [1.29, 1.82) is 0 Å². The Balaban J connectivity index is 1.56. The molecule has 3 heterocycles. The van der Waals surface area contributed by atoms with Crippen LogP contribution in [-0.4, -0.2) is 69.6 Å². The summed E-state index contributed by atoms with van der Waals surface area (Å²) in [5.41, 5.74) is 1.01. The number of ether oxygens (including phenoxy) is 3. The number of nitrogens with zero attached hydrogens (tertiary/aromatic N) is 3. The van der Waals surface area contributed by atoms with E-state index in [1.807, 2.05) is 59.7 Å². The average molecular weight is 637 g/mol. The first-order chi connectivity index (χ1) is 21.8. The van der Waals surface area contributed by atoms with E-state index in [4.69, 9.17) is 24.2 Å². The molecule has 1 N–H and O–H groups in total. The highest BCUT2D eigenvalue weighted by Crippen LogP contribution is 2.42. The number of fused-ring (bicyclic) bond motifs is 5. The Labute approximate surface area is 273 Å². The Morgan fingerprint density at radius 3 is 2.54 bits per heavy atom. The fourth-order valence-electron chi connectivity index (χ4n) is 7.77. The molecule has 2 aliphatic heterocycles. The molecule has 6 atom stereocenters. The van der Waals surface area contributed by atoms with Gasteiger partial charge in [0.05, 0.1) is 30.2 Å². The lowest BCUT2D eigenvalue weighted by atomic mass is 9.85. The first-order valence-corrected chi connectivity index (χ1v) is 17.2. The SMILES string of the molecule is CCOc1ccc2nc3c(nc2c1)O[C@H]1CN(C(=O)[C@H](C(C)(C)C)NC(=O)O[C@]2(C)CCC[C@H]2CCCCC3)[C@H](C(C)=O)[C@@H]1CC. The Kier molecular flexibility index (Phi) is 10.1. The molecule has 46 heavy (non-hydrogen) atoms. The van der Waals surface area contributed by atoms with Crippen LogP contribution in [0.1, 0.15) is 106 Å². The maximum atomic E-state index is 14.4. The smallest absolute Gasteiger partial charge is 0.408 e. The van der Waals surface area contributed by atoms with Gasteiger partial charge in [0.15, 0.2) is 5.78 Å². The van der Waals surface area contributed by atoms with Crippen molar-refractivity contribution < 1.29 is 28.6 Å². The van der Waals surface area contributed by atoms with Crippen molar-refractivity contribution in [2.45, 2.75) is 130 Å². The molecule has 10 heteroatoms. The van der Waals surface area contributed by atoms with Gasteiger partial charge in [-0.1, -0.05) is 40.5 Å². The quantitative estimate of drug-likeness (QED) is 0.409. The monoisotopic (exact) mass is 636 g/mol. The molecule has 252 valence electrons. The van der Waals surface area contributed by atoms with E-state index in [-0.39, 0.29) is 30.1 Å². The minimum atomic E-state index is -0.895. The highest BCUT2D eigenvalue weighted by Gasteiger charge is 2.50. The van der Waals surface area contributed by atoms with E-state index >= 15 is 0 Å². The van der Waals surface area contributed by atoms with E-state index in [1.54, 1.807) is 4.90 Å². The second-order valence-corrected chi connectivity index (χ2v) is 14.7. The van der Waals surface area contributed by atoms with Crippen molar-refractivity contribution >= 4 is 28.8 Å². The van der Waals surface area contributed by atoms with Gasteiger partial charge in [0, 0.05) is 12.0 Å². The van der Waals surface area contributed by atoms with Crippen molar-refractivity contribution in [2.75, 3.05) is 13.2 Å². The number of hydrogen-bond acceptors (Lipinski definition) is 8. The van der Waals surface area contributed by atoms with Crippen LogP contribution >= 0.6 is 0 Å². The maximum absolute atomic E-state index is 14.4. The molecule has 2 bridgehead atoms. The Bertz CT molecular complexity index is 1440. The van der Waals surface area contributed by atoms with Gasteiger partial charge in [-0.15, -0.1) is 0 Å². The van der Waals surface area contributed by atoms with Crippen molar-refractivity contribution in [2.24, 2.45) is 17.3 Å². The standard InChI is InChI=1S/C36H52N4O6/c1-8-25-29-21-40(30(25)22(3)41)33(42)31(35(4,5)6)39-34(43)46-36(7)19-13-15-23(36)14-11-10-12-16-27-32(45-29)38-28-20-24(44-9-2)17-18-26(28)37-27/h17-18,20,23,25,29-31H,8-16,19,21H2,1-7H3,(H,39,43)/t23-,25-,29+,30-,31-,36-/m1/s1. The van der Waals surface area contributed by atoms with Gasteiger partial charge >= 0.3 is 6.09 Å². The molecule has 2 amide bonds. The minimum absolute atomic E-state index is 0.111. The van der Waals surface area contributed by atoms with Gasteiger partial charge in [-0.2, -0.15) is 0 Å². The summed E-state index contributed by atoms with van der Waals surface area (Å²) in [6.07, 6.45) is 6.97. The first kappa shape index (κ1) is 33.9. The highest BCUT2D eigenvalue weighted by molar-refractivity contribution is 5.92. The van der Waals surface area contributed by atoms with Gasteiger partial charge in [-0.25, -0.2) is 14.8 Å². The van der Waals surface area contributed by atoms with E-state index in [1.165, 1.54) is 6.92 Å². The molecule has 0 unspecified atom stereocenters. The molecule has 1 saturated heterocycles. The zero-order valence-electron chi connectivity index (χ0n) is 28.7. The zero-order chi connectivity index (χ0) is 33.2. The number of alkyl carbamates (subject to hydrolysis) is 1. The number of carbonyl (C=O) groups excluding carboxylic acids is 3. The second-order valence-electron chi connectivity index (χ2n) is 14.7. The normalized spacial score (nSPS) is 29.5. The number of amides is 2. The topological polar surface area (TPSA) is 120 Å². The van der Waals surface area contributed by atoms with Crippen LogP contribution in [0.25, 0.3) is 11.0 Å². The lowest BCUT2D eigenvalue weighted by Gasteiger charge is -2.37. The lowest BCUT2D eigenvalue weighted by molar-refractivity contribution is -0.141. The van der Waals surface area contributed by atoms with Gasteiger partial charge in [0.2, 0.25) is 11.8 Å². The molecule has 3 aliphatic rings. The number of rotatable bonds is 4. The van der Waals surface area contributed by atoms with Crippen molar-refractivity contribution in [1.82, 2.24) is 20.2 Å². The average Bonchev–Trinajstić information content (AvgIpc) is 3.54. The van der Waals surface area contributed by atoms with Gasteiger partial charge in [0.1, 0.15) is 29.2 Å². The maximum Gasteiger partial charge on any atom is 0.408 e. The van der Waals surface area contributed by atoms with Crippen molar-refractivity contribution in [3.8, 4) is 11.6 Å². The summed E-state index contributed by atoms with van der Waals surface area (Å²) in [5.74, 6) is 0.735. The molecule has 1 aliphatic carbocycles. The number of aryl methyl sites for hydroxylation is 1. The third-order valence-corrected chi connectivity index (χ3v) is 10.3. The molecule has 2 aromatic rings. The van der Waals surface area contributed by atoms with E-state index < -0.39 is 35.3 Å². The molecule has 0 spiro atoms. The first-order valence-electron chi connectivity index (χ1n) is 17.2. The summed E-state index contributed by atoms with van der Waals surface area (Å²) in [6.45, 7) is 14.0. The van der Waals surface area contributed by atoms with Gasteiger partial charge < -0.3 is 24.4 Å². The van der Waals surface area contributed by atoms with E-state index in [0.29, 0.717) is 36.6 Å². The molecule has 1 aromatic heterocycles. The van der Waals surface area contributed by atoms with Crippen molar-refractivity contribution in [3.05, 3.63) is 23.9 Å². The zero-order valence-corrected chi connectivity index (χ0v) is 28.7. The van der Waals surface area contributed by atoms with E-state index in [9.17, 15) is 14.4 Å². The Hall–Kier alpha value is -3.43. The number of hydrogen-bond donors (Lipinski definition) is 1. The number of nitrogens with one attached hydrogen (secondary N) is 1. The summed E-state index contributed by atoms with van der Waals surface area (Å²) in [7, 11) is 0. The van der Waals surface area contributed by atoms with Gasteiger partial charge in [-0.05, 0) is 89.2 Å². The van der Waals surface area contributed by atoms with Crippen LogP contribution in [0.3, 0.4) is 0 Å². The molecular formula is C36H52N4O6. The van der Waals surface area contributed by atoms with E-state index in [2.05, 4.69) is 5.32 Å². The third kappa shape index (κ3) is 7.10. The van der Waals surface area contributed by atoms with Crippen LogP contribution in [0.4, 0.5) is 4.79 Å². The molecule has 2 fully saturated rings. The largest absolute Gasteiger partial charge is 0.494 e.